The third-order valence-corrected chi connectivity index (χ3v) is 3.52. The molecule has 6 heteroatoms. The zero-order chi connectivity index (χ0) is 14.0. The standard InChI is InChI=1S/C13H20N4O2/c1-9(2)10-4-5-12(15-14-10)17-7-6-16(3)11(8-17)13(18)19/h4-5,9,11H,6-8H2,1-3H3,(H,18,19). The number of likely N-dealkylation sites (N-methyl/N-ethyl adjacent to an activating group) is 1. The molecule has 0 bridgehead atoms. The smallest absolute Gasteiger partial charge is 0.322 e. The average molecular weight is 264 g/mol. The van der Waals surface area contributed by atoms with Crippen LogP contribution in [0.15, 0.2) is 12.1 Å². The number of aliphatic carboxylic acids is 1. The fourth-order valence-electron chi connectivity index (χ4n) is 2.16. The molecule has 0 saturated carbocycles. The van der Waals surface area contributed by atoms with E-state index in [1.807, 2.05) is 29.0 Å². The zero-order valence-corrected chi connectivity index (χ0v) is 11.6. The lowest BCUT2D eigenvalue weighted by atomic mass is 10.1. The molecule has 0 spiro atoms. The maximum Gasteiger partial charge on any atom is 0.322 e. The van der Waals surface area contributed by atoms with Crippen LogP contribution in [0.3, 0.4) is 0 Å². The minimum atomic E-state index is -0.793. The highest BCUT2D eigenvalue weighted by Crippen LogP contribution is 2.18. The van der Waals surface area contributed by atoms with Gasteiger partial charge < -0.3 is 10.0 Å². The van der Waals surface area contributed by atoms with Gasteiger partial charge in [-0.3, -0.25) is 9.69 Å². The first-order chi connectivity index (χ1) is 8.99. The summed E-state index contributed by atoms with van der Waals surface area (Å²) >= 11 is 0. The Hall–Kier alpha value is -1.69. The van der Waals surface area contributed by atoms with E-state index in [1.54, 1.807) is 0 Å². The van der Waals surface area contributed by atoms with Crippen LogP contribution in [0.5, 0.6) is 0 Å². The Labute approximate surface area is 113 Å². The lowest BCUT2D eigenvalue weighted by Gasteiger charge is -2.37. The highest BCUT2D eigenvalue weighted by atomic mass is 16.4. The van der Waals surface area contributed by atoms with Crippen molar-refractivity contribution >= 4 is 11.8 Å². The number of piperazine rings is 1. The average Bonchev–Trinajstić information content (AvgIpc) is 2.39. The number of nitrogens with zero attached hydrogens (tertiary/aromatic N) is 4. The molecule has 2 rings (SSSR count). The van der Waals surface area contributed by atoms with Gasteiger partial charge in [-0.1, -0.05) is 13.8 Å². The minimum absolute atomic E-state index is 0.348. The molecule has 1 saturated heterocycles. The van der Waals surface area contributed by atoms with Gasteiger partial charge in [0.1, 0.15) is 6.04 Å². The predicted octanol–water partition coefficient (Wildman–Crippen LogP) is 0.805. The topological polar surface area (TPSA) is 69.6 Å². The van der Waals surface area contributed by atoms with E-state index in [9.17, 15) is 9.90 Å². The molecule has 1 unspecified atom stereocenters. The van der Waals surface area contributed by atoms with Gasteiger partial charge in [-0.2, -0.15) is 5.10 Å². The molecule has 1 N–H and O–H groups in total. The summed E-state index contributed by atoms with van der Waals surface area (Å²) in [5, 5.41) is 17.6. The molecule has 19 heavy (non-hydrogen) atoms. The molecule has 1 fully saturated rings. The highest BCUT2D eigenvalue weighted by Gasteiger charge is 2.30. The van der Waals surface area contributed by atoms with E-state index < -0.39 is 12.0 Å². The largest absolute Gasteiger partial charge is 0.480 e. The Bertz CT molecular complexity index is 446. The van der Waals surface area contributed by atoms with Crippen molar-refractivity contribution < 1.29 is 9.90 Å². The zero-order valence-electron chi connectivity index (χ0n) is 11.6. The predicted molar refractivity (Wildman–Crippen MR) is 72.4 cm³/mol. The number of carboxylic acid groups (broad SMARTS) is 1. The van der Waals surface area contributed by atoms with Crippen molar-refractivity contribution in [3.63, 3.8) is 0 Å². The molecule has 104 valence electrons. The van der Waals surface area contributed by atoms with Gasteiger partial charge >= 0.3 is 5.97 Å². The van der Waals surface area contributed by atoms with Gasteiger partial charge in [0.05, 0.1) is 5.69 Å². The number of hydrogen-bond acceptors (Lipinski definition) is 5. The SMILES string of the molecule is CC(C)c1ccc(N2CCN(C)C(C(=O)O)C2)nn1. The number of hydrogen-bond donors (Lipinski definition) is 1. The van der Waals surface area contributed by atoms with Crippen LogP contribution in [-0.4, -0.2) is 58.9 Å². The molecular formula is C13H20N4O2. The fraction of sp³-hybridized carbons (Fsp3) is 0.615. The lowest BCUT2D eigenvalue weighted by molar-refractivity contribution is -0.142. The number of rotatable bonds is 3. The molecule has 0 aromatic carbocycles. The summed E-state index contributed by atoms with van der Waals surface area (Å²) in [5.41, 5.74) is 0.952. The Kier molecular flexibility index (Phi) is 3.99. The van der Waals surface area contributed by atoms with E-state index in [2.05, 4.69) is 24.0 Å². The Morgan fingerprint density at radius 1 is 1.37 bits per heavy atom. The summed E-state index contributed by atoms with van der Waals surface area (Å²) in [5.74, 6) is 0.309. The summed E-state index contributed by atoms with van der Waals surface area (Å²) in [4.78, 5) is 15.0. The van der Waals surface area contributed by atoms with Crippen molar-refractivity contribution in [3.05, 3.63) is 17.8 Å². The molecule has 0 amide bonds. The van der Waals surface area contributed by atoms with Gasteiger partial charge in [0.2, 0.25) is 0 Å². The summed E-state index contributed by atoms with van der Waals surface area (Å²) in [6.07, 6.45) is 0. The molecule has 1 aliphatic heterocycles. The monoisotopic (exact) mass is 264 g/mol. The Balaban J connectivity index is 2.11. The molecule has 6 nitrogen and oxygen atoms in total. The fourth-order valence-corrected chi connectivity index (χ4v) is 2.16. The van der Waals surface area contributed by atoms with E-state index in [0.29, 0.717) is 19.0 Å². The maximum absolute atomic E-state index is 11.2. The first kappa shape index (κ1) is 13.7. The molecule has 0 radical (unpaired) electrons. The summed E-state index contributed by atoms with van der Waals surface area (Å²) in [6.45, 7) is 6.07. The molecular weight excluding hydrogens is 244 g/mol. The number of carboxylic acids is 1. The lowest BCUT2D eigenvalue weighted by Crippen LogP contribution is -2.55. The first-order valence-corrected chi connectivity index (χ1v) is 6.50. The Morgan fingerprint density at radius 2 is 2.11 bits per heavy atom. The van der Waals surface area contributed by atoms with Crippen LogP contribution in [0.25, 0.3) is 0 Å². The van der Waals surface area contributed by atoms with Crippen molar-refractivity contribution in [3.8, 4) is 0 Å². The van der Waals surface area contributed by atoms with Gasteiger partial charge in [0.15, 0.2) is 5.82 Å². The molecule has 1 aromatic heterocycles. The van der Waals surface area contributed by atoms with Crippen molar-refractivity contribution in [2.45, 2.75) is 25.8 Å². The molecule has 2 heterocycles. The van der Waals surface area contributed by atoms with Crippen LogP contribution in [0.2, 0.25) is 0 Å². The summed E-state index contributed by atoms with van der Waals surface area (Å²) < 4.78 is 0. The van der Waals surface area contributed by atoms with Crippen molar-refractivity contribution in [2.75, 3.05) is 31.6 Å². The number of carbonyl (C=O) groups is 1. The van der Waals surface area contributed by atoms with Gasteiger partial charge in [-0.25, -0.2) is 0 Å². The van der Waals surface area contributed by atoms with Gasteiger partial charge in [-0.05, 0) is 25.1 Å². The van der Waals surface area contributed by atoms with E-state index in [-0.39, 0.29) is 0 Å². The Morgan fingerprint density at radius 3 is 2.63 bits per heavy atom. The van der Waals surface area contributed by atoms with Crippen molar-refractivity contribution in [1.82, 2.24) is 15.1 Å². The van der Waals surface area contributed by atoms with Gasteiger partial charge in [0, 0.05) is 19.6 Å². The second kappa shape index (κ2) is 5.52. The maximum atomic E-state index is 11.2. The summed E-state index contributed by atoms with van der Waals surface area (Å²) in [7, 11) is 1.84. The second-order valence-corrected chi connectivity index (χ2v) is 5.25. The van der Waals surface area contributed by atoms with Gasteiger partial charge in [0.25, 0.3) is 0 Å². The van der Waals surface area contributed by atoms with Crippen LogP contribution < -0.4 is 4.90 Å². The van der Waals surface area contributed by atoms with Crippen LogP contribution in [0.4, 0.5) is 5.82 Å². The van der Waals surface area contributed by atoms with Crippen molar-refractivity contribution in [1.29, 1.82) is 0 Å². The molecule has 0 aliphatic carbocycles. The molecule has 1 aromatic rings. The quantitative estimate of drug-likeness (QED) is 0.871. The summed E-state index contributed by atoms with van der Waals surface area (Å²) in [6, 6.07) is 3.40. The highest BCUT2D eigenvalue weighted by molar-refractivity contribution is 5.74. The van der Waals surface area contributed by atoms with Gasteiger partial charge in [-0.15, -0.1) is 5.10 Å². The third kappa shape index (κ3) is 3.01. The normalized spacial score (nSPS) is 20.8. The van der Waals surface area contributed by atoms with Crippen molar-refractivity contribution in [2.24, 2.45) is 0 Å². The number of aromatic nitrogens is 2. The van der Waals surface area contributed by atoms with E-state index in [4.69, 9.17) is 0 Å². The minimum Gasteiger partial charge on any atom is -0.480 e. The molecule has 1 atom stereocenters. The van der Waals surface area contributed by atoms with Crippen LogP contribution in [-0.2, 0) is 4.79 Å². The second-order valence-electron chi connectivity index (χ2n) is 5.25. The van der Waals surface area contributed by atoms with Crippen LogP contribution >= 0.6 is 0 Å². The van der Waals surface area contributed by atoms with Crippen LogP contribution in [0.1, 0.15) is 25.5 Å². The van der Waals surface area contributed by atoms with E-state index >= 15 is 0 Å². The molecule has 1 aliphatic rings. The third-order valence-electron chi connectivity index (χ3n) is 3.52. The van der Waals surface area contributed by atoms with E-state index in [0.717, 1.165) is 18.1 Å². The van der Waals surface area contributed by atoms with E-state index in [1.165, 1.54) is 0 Å². The number of anilines is 1. The first-order valence-electron chi connectivity index (χ1n) is 6.50. The van der Waals surface area contributed by atoms with Crippen LogP contribution in [0, 0.1) is 0 Å².